The lowest BCUT2D eigenvalue weighted by atomic mass is 9.99. The van der Waals surface area contributed by atoms with Gasteiger partial charge in [-0.3, -0.25) is 0 Å². The van der Waals surface area contributed by atoms with Gasteiger partial charge in [0.05, 0.1) is 20.8 Å². The van der Waals surface area contributed by atoms with Gasteiger partial charge in [-0.05, 0) is 69.4 Å². The molecule has 1 aromatic rings. The molecule has 0 radical (unpaired) electrons. The molecular weight excluding hydrogens is 495 g/mol. The summed E-state index contributed by atoms with van der Waals surface area (Å²) >= 11 is 0. The van der Waals surface area contributed by atoms with Gasteiger partial charge >= 0.3 is 5.97 Å². The smallest absolute Gasteiger partial charge is 0.341 e. The minimum absolute atomic E-state index is 0. The van der Waals surface area contributed by atoms with Gasteiger partial charge in [-0.2, -0.15) is 0 Å². The topological polar surface area (TPSA) is 75.2 Å². The number of nitrogens with zero attached hydrogens (tertiary/aromatic N) is 2. The predicted molar refractivity (Wildman–Crippen MR) is 132 cm³/mol. The van der Waals surface area contributed by atoms with Crippen LogP contribution in [0.3, 0.4) is 0 Å². The Morgan fingerprint density at radius 3 is 2.60 bits per heavy atom. The van der Waals surface area contributed by atoms with Gasteiger partial charge < -0.3 is 25.0 Å². The van der Waals surface area contributed by atoms with E-state index in [-0.39, 0.29) is 24.0 Å². The van der Waals surface area contributed by atoms with Crippen molar-refractivity contribution >= 4 is 35.9 Å². The quantitative estimate of drug-likeness (QED) is 0.167. The monoisotopic (exact) mass is 532 g/mol. The fourth-order valence-corrected chi connectivity index (χ4v) is 3.43. The van der Waals surface area contributed by atoms with Gasteiger partial charge in [0.1, 0.15) is 11.3 Å². The van der Waals surface area contributed by atoms with E-state index in [0.29, 0.717) is 17.9 Å². The van der Waals surface area contributed by atoms with Gasteiger partial charge in [-0.15, -0.1) is 24.0 Å². The van der Waals surface area contributed by atoms with Crippen LogP contribution in [0.1, 0.15) is 49.0 Å². The van der Waals surface area contributed by atoms with Crippen molar-refractivity contribution in [1.82, 2.24) is 15.5 Å². The van der Waals surface area contributed by atoms with E-state index in [1.54, 1.807) is 12.1 Å². The predicted octanol–water partition coefficient (Wildman–Crippen LogP) is 3.28. The summed E-state index contributed by atoms with van der Waals surface area (Å²) in [6, 6.07) is 5.46. The lowest BCUT2D eigenvalue weighted by Gasteiger charge is -2.30. The van der Waals surface area contributed by atoms with Gasteiger partial charge in [0.15, 0.2) is 5.96 Å². The van der Waals surface area contributed by atoms with Crippen molar-refractivity contribution < 1.29 is 14.3 Å². The first-order valence-corrected chi connectivity index (χ1v) is 10.6. The Morgan fingerprint density at radius 1 is 1.23 bits per heavy atom. The van der Waals surface area contributed by atoms with E-state index < -0.39 is 5.97 Å². The molecule has 1 aromatic carbocycles. The summed E-state index contributed by atoms with van der Waals surface area (Å²) in [5, 5.41) is 6.68. The maximum atomic E-state index is 11.9. The number of halogens is 1. The summed E-state index contributed by atoms with van der Waals surface area (Å²) in [5.74, 6) is 1.75. The zero-order valence-electron chi connectivity index (χ0n) is 18.7. The molecule has 0 aromatic heterocycles. The molecule has 0 bridgehead atoms. The van der Waals surface area contributed by atoms with Crippen LogP contribution in [-0.2, 0) is 11.3 Å². The Balaban J connectivity index is 0.00000450. The highest BCUT2D eigenvalue weighted by Gasteiger charge is 2.15. The molecule has 0 spiro atoms. The largest absolute Gasteiger partial charge is 0.496 e. The summed E-state index contributed by atoms with van der Waals surface area (Å²) in [6.07, 6.45) is 3.72. The summed E-state index contributed by atoms with van der Waals surface area (Å²) in [5.41, 5.74) is 1.34. The number of guanidine groups is 1. The third-order valence-electron chi connectivity index (χ3n) is 5.25. The van der Waals surface area contributed by atoms with Crippen molar-refractivity contribution in [2.45, 2.75) is 39.7 Å². The molecule has 1 aliphatic rings. The van der Waals surface area contributed by atoms with Crippen LogP contribution in [-0.4, -0.2) is 63.8 Å². The molecule has 2 rings (SSSR count). The van der Waals surface area contributed by atoms with Gasteiger partial charge in [0.2, 0.25) is 0 Å². The minimum atomic E-state index is -0.412. The second kappa shape index (κ2) is 14.5. The van der Waals surface area contributed by atoms with E-state index in [2.05, 4.69) is 34.4 Å². The van der Waals surface area contributed by atoms with Gasteiger partial charge in [0, 0.05) is 13.1 Å². The van der Waals surface area contributed by atoms with Crippen molar-refractivity contribution in [1.29, 1.82) is 0 Å². The summed E-state index contributed by atoms with van der Waals surface area (Å²) in [6.45, 7) is 10.1. The molecule has 1 fully saturated rings. The number of aliphatic imine (C=N–C) groups is 1. The van der Waals surface area contributed by atoms with Gasteiger partial charge in [-0.25, -0.2) is 9.79 Å². The minimum Gasteiger partial charge on any atom is -0.496 e. The van der Waals surface area contributed by atoms with Gasteiger partial charge in [0.25, 0.3) is 0 Å². The average molecular weight is 532 g/mol. The number of nitrogens with one attached hydrogen (secondary N) is 2. The van der Waals surface area contributed by atoms with Crippen molar-refractivity contribution in [3.05, 3.63) is 29.3 Å². The number of carbonyl (C=O) groups is 1. The number of carbonyl (C=O) groups excluding carboxylic acids is 1. The zero-order chi connectivity index (χ0) is 21.1. The second-order valence-electron chi connectivity index (χ2n) is 7.53. The second-order valence-corrected chi connectivity index (χ2v) is 7.53. The number of ether oxygens (including phenoxy) is 2. The van der Waals surface area contributed by atoms with Crippen LogP contribution in [0, 0.1) is 5.92 Å². The summed E-state index contributed by atoms with van der Waals surface area (Å²) < 4.78 is 10.1. The Morgan fingerprint density at radius 2 is 1.97 bits per heavy atom. The maximum Gasteiger partial charge on any atom is 0.341 e. The third-order valence-corrected chi connectivity index (χ3v) is 5.25. The Kier molecular flexibility index (Phi) is 12.8. The number of methoxy groups -OCH3 is 2. The first-order chi connectivity index (χ1) is 14.1. The fraction of sp³-hybridized carbons (Fsp3) is 0.636. The highest BCUT2D eigenvalue weighted by Crippen LogP contribution is 2.21. The third kappa shape index (κ3) is 8.67. The number of esters is 1. The number of hydrogen-bond acceptors (Lipinski definition) is 5. The number of rotatable bonds is 9. The van der Waals surface area contributed by atoms with Crippen LogP contribution >= 0.6 is 24.0 Å². The van der Waals surface area contributed by atoms with Crippen LogP contribution in [0.15, 0.2) is 23.2 Å². The zero-order valence-corrected chi connectivity index (χ0v) is 21.0. The molecule has 1 heterocycles. The van der Waals surface area contributed by atoms with Crippen LogP contribution in [0.5, 0.6) is 5.75 Å². The number of benzene rings is 1. The molecule has 0 amide bonds. The Hall–Kier alpha value is -1.55. The van der Waals surface area contributed by atoms with E-state index in [4.69, 9.17) is 9.47 Å². The number of likely N-dealkylation sites (tertiary alicyclic amines) is 1. The van der Waals surface area contributed by atoms with Gasteiger partial charge in [-0.1, -0.05) is 13.0 Å². The summed E-state index contributed by atoms with van der Waals surface area (Å²) in [7, 11) is 2.90. The van der Waals surface area contributed by atoms with Crippen LogP contribution < -0.4 is 15.4 Å². The highest BCUT2D eigenvalue weighted by atomic mass is 127. The highest BCUT2D eigenvalue weighted by molar-refractivity contribution is 14.0. The van der Waals surface area contributed by atoms with Crippen LogP contribution in [0.25, 0.3) is 0 Å². The van der Waals surface area contributed by atoms with E-state index in [0.717, 1.165) is 43.5 Å². The standard InChI is InChI=1S/C22H36N4O3.HI/c1-5-23-22(24-11-6-12-26-13-9-17(2)10-14-26)25-16-18-7-8-20(28-3)19(15-18)21(27)29-4;/h7-8,15,17H,5-6,9-14,16H2,1-4H3,(H2,23,24,25);1H. The molecule has 30 heavy (non-hydrogen) atoms. The first-order valence-electron chi connectivity index (χ1n) is 10.6. The number of hydrogen-bond donors (Lipinski definition) is 2. The van der Waals surface area contributed by atoms with E-state index in [9.17, 15) is 4.79 Å². The molecule has 1 saturated heterocycles. The average Bonchev–Trinajstić information content (AvgIpc) is 2.75. The van der Waals surface area contributed by atoms with Crippen molar-refractivity contribution in [3.63, 3.8) is 0 Å². The molecule has 0 saturated carbocycles. The van der Waals surface area contributed by atoms with Crippen molar-refractivity contribution in [2.75, 3.05) is 46.9 Å². The molecule has 0 aliphatic carbocycles. The lowest BCUT2D eigenvalue weighted by Crippen LogP contribution is -2.39. The molecule has 2 N–H and O–H groups in total. The molecule has 1 aliphatic heterocycles. The molecule has 7 nitrogen and oxygen atoms in total. The maximum absolute atomic E-state index is 11.9. The van der Waals surface area contributed by atoms with Crippen LogP contribution in [0.2, 0.25) is 0 Å². The SMILES string of the molecule is CCNC(=NCc1ccc(OC)c(C(=O)OC)c1)NCCCN1CCC(C)CC1.I. The molecular formula is C22H37IN4O3. The first kappa shape index (κ1) is 26.5. The molecule has 0 atom stereocenters. The Bertz CT molecular complexity index is 676. The van der Waals surface area contributed by atoms with E-state index in [1.165, 1.54) is 40.2 Å². The Labute approximate surface area is 198 Å². The summed E-state index contributed by atoms with van der Waals surface area (Å²) in [4.78, 5) is 19.1. The van der Waals surface area contributed by atoms with Crippen molar-refractivity contribution in [3.8, 4) is 5.75 Å². The molecule has 8 heteroatoms. The number of piperidine rings is 1. The lowest BCUT2D eigenvalue weighted by molar-refractivity contribution is 0.0597. The normalized spacial score (nSPS) is 15.3. The van der Waals surface area contributed by atoms with Crippen LogP contribution in [0.4, 0.5) is 0 Å². The molecule has 170 valence electrons. The van der Waals surface area contributed by atoms with E-state index in [1.807, 2.05) is 6.07 Å². The van der Waals surface area contributed by atoms with E-state index >= 15 is 0 Å². The van der Waals surface area contributed by atoms with Crippen molar-refractivity contribution in [2.24, 2.45) is 10.9 Å². The molecule has 0 unspecified atom stereocenters. The fourth-order valence-electron chi connectivity index (χ4n) is 3.43.